The molecule has 0 saturated heterocycles. The summed E-state index contributed by atoms with van der Waals surface area (Å²) >= 11 is 7.54. The van der Waals surface area contributed by atoms with Gasteiger partial charge in [0.1, 0.15) is 0 Å². The van der Waals surface area contributed by atoms with Crippen LogP contribution in [0.5, 0.6) is 0 Å². The minimum Gasteiger partial charge on any atom is -0.324 e. The van der Waals surface area contributed by atoms with E-state index < -0.39 is 0 Å². The predicted octanol–water partition coefficient (Wildman–Crippen LogP) is 4.19. The number of para-hydroxylation sites is 1. The van der Waals surface area contributed by atoms with Gasteiger partial charge in [-0.2, -0.15) is 0 Å². The number of rotatable bonds is 3. The average molecular weight is 289 g/mol. The number of fused-ring (bicyclic) bond motifs is 1. The van der Waals surface area contributed by atoms with Crippen molar-refractivity contribution in [3.05, 3.63) is 63.4 Å². The Kier molecular flexibility index (Phi) is 3.51. The van der Waals surface area contributed by atoms with Crippen LogP contribution in [0.4, 0.5) is 0 Å². The van der Waals surface area contributed by atoms with Crippen molar-refractivity contribution in [2.75, 3.05) is 0 Å². The van der Waals surface area contributed by atoms with Crippen LogP contribution in [-0.4, -0.2) is 4.98 Å². The Bertz CT molecular complexity index is 703. The predicted molar refractivity (Wildman–Crippen MR) is 81.7 cm³/mol. The first-order valence-electron chi connectivity index (χ1n) is 6.07. The van der Waals surface area contributed by atoms with E-state index in [1.54, 1.807) is 11.3 Å². The molecule has 19 heavy (non-hydrogen) atoms. The maximum Gasteiger partial charge on any atom is 0.0931 e. The highest BCUT2D eigenvalue weighted by molar-refractivity contribution is 7.16. The zero-order valence-corrected chi connectivity index (χ0v) is 11.8. The standard InChI is InChI=1S/C15H13ClN2S/c16-15-6-5-10(19-15)9-13(17)11-7-8-18-14-4-2-1-3-12(11)14/h1-8,13H,9,17H2. The second-order valence-electron chi connectivity index (χ2n) is 4.43. The van der Waals surface area contributed by atoms with Crippen LogP contribution in [0.1, 0.15) is 16.5 Å². The Labute approximate surface area is 120 Å². The van der Waals surface area contributed by atoms with Gasteiger partial charge in [-0.25, -0.2) is 0 Å². The third-order valence-corrected chi connectivity index (χ3v) is 4.39. The first kappa shape index (κ1) is 12.6. The monoisotopic (exact) mass is 288 g/mol. The quantitative estimate of drug-likeness (QED) is 0.785. The number of aromatic nitrogens is 1. The van der Waals surface area contributed by atoms with Gasteiger partial charge >= 0.3 is 0 Å². The van der Waals surface area contributed by atoms with Gasteiger partial charge in [-0.1, -0.05) is 29.8 Å². The van der Waals surface area contributed by atoms with E-state index in [-0.39, 0.29) is 6.04 Å². The Morgan fingerprint density at radius 1 is 1.16 bits per heavy atom. The van der Waals surface area contributed by atoms with Gasteiger partial charge in [0.05, 0.1) is 9.85 Å². The molecule has 0 aliphatic heterocycles. The summed E-state index contributed by atoms with van der Waals surface area (Å²) in [5, 5.41) is 1.13. The second kappa shape index (κ2) is 5.29. The lowest BCUT2D eigenvalue weighted by atomic mass is 10.00. The number of nitrogens with two attached hydrogens (primary N) is 1. The molecule has 0 bridgehead atoms. The fourth-order valence-electron chi connectivity index (χ4n) is 2.23. The van der Waals surface area contributed by atoms with Crippen molar-refractivity contribution in [1.82, 2.24) is 4.98 Å². The molecular weight excluding hydrogens is 276 g/mol. The lowest BCUT2D eigenvalue weighted by Crippen LogP contribution is -2.13. The molecule has 0 spiro atoms. The highest BCUT2D eigenvalue weighted by Crippen LogP contribution is 2.28. The maximum atomic E-state index is 6.34. The molecule has 4 heteroatoms. The lowest BCUT2D eigenvalue weighted by molar-refractivity contribution is 0.735. The molecule has 1 atom stereocenters. The van der Waals surface area contributed by atoms with E-state index in [1.165, 1.54) is 4.88 Å². The molecule has 2 N–H and O–H groups in total. The van der Waals surface area contributed by atoms with Gasteiger partial charge in [0.15, 0.2) is 0 Å². The first-order valence-corrected chi connectivity index (χ1v) is 7.27. The Morgan fingerprint density at radius 2 is 2.00 bits per heavy atom. The van der Waals surface area contributed by atoms with Gasteiger partial charge in [-0.3, -0.25) is 4.98 Å². The van der Waals surface area contributed by atoms with Crippen molar-refractivity contribution < 1.29 is 0 Å². The molecule has 3 rings (SSSR count). The second-order valence-corrected chi connectivity index (χ2v) is 6.23. The molecule has 1 unspecified atom stereocenters. The molecule has 1 aromatic carbocycles. The van der Waals surface area contributed by atoms with Crippen molar-refractivity contribution in [3.8, 4) is 0 Å². The van der Waals surface area contributed by atoms with Crippen LogP contribution in [0.3, 0.4) is 0 Å². The summed E-state index contributed by atoms with van der Waals surface area (Å²) in [6.07, 6.45) is 2.62. The molecule has 2 heterocycles. The Hall–Kier alpha value is -1.42. The van der Waals surface area contributed by atoms with E-state index in [1.807, 2.05) is 42.6 Å². The Balaban J connectivity index is 1.95. The summed E-state index contributed by atoms with van der Waals surface area (Å²) in [5.41, 5.74) is 8.46. The molecule has 0 fully saturated rings. The van der Waals surface area contributed by atoms with Gasteiger partial charge < -0.3 is 5.73 Å². The first-order chi connectivity index (χ1) is 9.24. The largest absolute Gasteiger partial charge is 0.324 e. The van der Waals surface area contributed by atoms with Crippen LogP contribution in [0.15, 0.2) is 48.7 Å². The summed E-state index contributed by atoms with van der Waals surface area (Å²) in [4.78, 5) is 5.57. The molecule has 96 valence electrons. The van der Waals surface area contributed by atoms with Crippen molar-refractivity contribution >= 4 is 33.8 Å². The normalized spacial score (nSPS) is 12.7. The molecule has 2 aromatic heterocycles. The number of pyridine rings is 1. The number of hydrogen-bond donors (Lipinski definition) is 1. The molecule has 0 radical (unpaired) electrons. The highest BCUT2D eigenvalue weighted by atomic mass is 35.5. The third-order valence-electron chi connectivity index (χ3n) is 3.13. The van der Waals surface area contributed by atoms with E-state index in [4.69, 9.17) is 17.3 Å². The number of benzene rings is 1. The topological polar surface area (TPSA) is 38.9 Å². The van der Waals surface area contributed by atoms with Crippen LogP contribution in [0, 0.1) is 0 Å². The van der Waals surface area contributed by atoms with Gasteiger partial charge in [-0.15, -0.1) is 11.3 Å². The zero-order valence-electron chi connectivity index (χ0n) is 10.2. The molecule has 0 aliphatic rings. The van der Waals surface area contributed by atoms with Crippen LogP contribution in [-0.2, 0) is 6.42 Å². The highest BCUT2D eigenvalue weighted by Gasteiger charge is 2.12. The van der Waals surface area contributed by atoms with E-state index in [0.717, 1.165) is 27.2 Å². The summed E-state index contributed by atoms with van der Waals surface area (Å²) in [5.74, 6) is 0. The average Bonchev–Trinajstić information content (AvgIpc) is 2.83. The molecule has 3 aromatic rings. The van der Waals surface area contributed by atoms with Crippen molar-refractivity contribution in [2.45, 2.75) is 12.5 Å². The molecule has 0 amide bonds. The molecule has 0 aliphatic carbocycles. The third kappa shape index (κ3) is 2.63. The lowest BCUT2D eigenvalue weighted by Gasteiger charge is -2.13. The van der Waals surface area contributed by atoms with E-state index in [2.05, 4.69) is 11.1 Å². The zero-order chi connectivity index (χ0) is 13.2. The number of hydrogen-bond acceptors (Lipinski definition) is 3. The molecule has 0 saturated carbocycles. The van der Waals surface area contributed by atoms with Gasteiger partial charge in [0, 0.05) is 28.9 Å². The molecular formula is C15H13ClN2S. The molecule has 2 nitrogen and oxygen atoms in total. The SMILES string of the molecule is NC(Cc1ccc(Cl)s1)c1ccnc2ccccc12. The van der Waals surface area contributed by atoms with Crippen molar-refractivity contribution in [3.63, 3.8) is 0 Å². The van der Waals surface area contributed by atoms with Gasteiger partial charge in [-0.05, 0) is 29.8 Å². The maximum absolute atomic E-state index is 6.34. The summed E-state index contributed by atoms with van der Waals surface area (Å²) in [6, 6.07) is 14.0. The minimum atomic E-state index is -0.0392. The number of halogens is 1. The summed E-state index contributed by atoms with van der Waals surface area (Å²) in [7, 11) is 0. The van der Waals surface area contributed by atoms with Crippen LogP contribution in [0.25, 0.3) is 10.9 Å². The van der Waals surface area contributed by atoms with Gasteiger partial charge in [0.25, 0.3) is 0 Å². The number of nitrogens with zero attached hydrogens (tertiary/aromatic N) is 1. The minimum absolute atomic E-state index is 0.0392. The van der Waals surface area contributed by atoms with Crippen molar-refractivity contribution in [1.29, 1.82) is 0 Å². The van der Waals surface area contributed by atoms with Gasteiger partial charge in [0.2, 0.25) is 0 Å². The summed E-state index contributed by atoms with van der Waals surface area (Å²) < 4.78 is 0.807. The summed E-state index contributed by atoms with van der Waals surface area (Å²) in [6.45, 7) is 0. The van der Waals surface area contributed by atoms with Crippen LogP contribution in [0.2, 0.25) is 4.34 Å². The smallest absolute Gasteiger partial charge is 0.0931 e. The van der Waals surface area contributed by atoms with E-state index >= 15 is 0 Å². The van der Waals surface area contributed by atoms with E-state index in [0.29, 0.717) is 0 Å². The number of thiophene rings is 1. The fraction of sp³-hybridized carbons (Fsp3) is 0.133. The van der Waals surface area contributed by atoms with Crippen molar-refractivity contribution in [2.24, 2.45) is 5.73 Å². The van der Waals surface area contributed by atoms with Crippen LogP contribution >= 0.6 is 22.9 Å². The van der Waals surface area contributed by atoms with Crippen LogP contribution < -0.4 is 5.73 Å². The van der Waals surface area contributed by atoms with E-state index in [9.17, 15) is 0 Å². The fourth-order valence-corrected chi connectivity index (χ4v) is 3.38. The Morgan fingerprint density at radius 3 is 2.79 bits per heavy atom.